The van der Waals surface area contributed by atoms with Crippen molar-refractivity contribution in [3.05, 3.63) is 39.3 Å². The number of rotatable bonds is 7. The summed E-state index contributed by atoms with van der Waals surface area (Å²) in [5.41, 5.74) is 0.516. The second-order valence-corrected chi connectivity index (χ2v) is 5.37. The first-order chi connectivity index (χ1) is 11.0. The Bertz CT molecular complexity index is 761. The van der Waals surface area contributed by atoms with Crippen LogP contribution in [0, 0.1) is 21.4 Å². The number of carbonyl (C=O) groups is 1. The van der Waals surface area contributed by atoms with Gasteiger partial charge in [0.2, 0.25) is 0 Å². The lowest BCUT2D eigenvalue weighted by atomic mass is 10.4. The number of hydrogen-bond donors (Lipinski definition) is 1. The molecule has 0 fully saturated rings. The smallest absolute Gasteiger partial charge is 0.358 e. The van der Waals surface area contributed by atoms with Gasteiger partial charge in [-0.15, -0.1) is 0 Å². The molecule has 0 saturated heterocycles. The van der Waals surface area contributed by atoms with Gasteiger partial charge in [0.05, 0.1) is 17.9 Å². The van der Waals surface area contributed by atoms with Crippen LogP contribution in [0.25, 0.3) is 0 Å². The van der Waals surface area contributed by atoms with Crippen molar-refractivity contribution in [2.75, 3.05) is 18.5 Å². The number of nitrogens with one attached hydrogen (secondary N) is 1. The van der Waals surface area contributed by atoms with E-state index >= 15 is 0 Å². The zero-order valence-corrected chi connectivity index (χ0v) is 13.0. The van der Waals surface area contributed by atoms with Gasteiger partial charge in [0.25, 0.3) is 0 Å². The highest BCUT2D eigenvalue weighted by molar-refractivity contribution is 7.16. The van der Waals surface area contributed by atoms with E-state index in [9.17, 15) is 14.9 Å². The van der Waals surface area contributed by atoms with E-state index in [0.29, 0.717) is 18.8 Å². The fourth-order valence-corrected chi connectivity index (χ4v) is 2.56. The number of nitrogens with zero attached hydrogens (tertiary/aromatic N) is 4. The number of anilines is 1. The van der Waals surface area contributed by atoms with E-state index in [0.717, 1.165) is 11.3 Å². The second kappa shape index (κ2) is 7.37. The third kappa shape index (κ3) is 4.04. The Morgan fingerprint density at radius 1 is 1.65 bits per heavy atom. The number of thiophene rings is 1. The van der Waals surface area contributed by atoms with Crippen molar-refractivity contribution in [1.82, 2.24) is 9.55 Å². The molecule has 0 radical (unpaired) electrons. The van der Waals surface area contributed by atoms with Gasteiger partial charge in [-0.1, -0.05) is 0 Å². The van der Waals surface area contributed by atoms with E-state index in [1.807, 2.05) is 6.07 Å². The summed E-state index contributed by atoms with van der Waals surface area (Å²) in [5, 5.41) is 22.6. The maximum Gasteiger partial charge on any atom is 0.358 e. The number of nitro groups is 1. The van der Waals surface area contributed by atoms with Crippen molar-refractivity contribution in [2.24, 2.45) is 0 Å². The van der Waals surface area contributed by atoms with Crippen LogP contribution in [0.1, 0.15) is 22.3 Å². The van der Waals surface area contributed by atoms with Gasteiger partial charge in [0.1, 0.15) is 16.6 Å². The molecule has 0 atom stereocenters. The van der Waals surface area contributed by atoms with Crippen LogP contribution in [0.15, 0.2) is 18.6 Å². The number of carbonyl (C=O) groups excluding carboxylic acids is 1. The molecule has 0 aliphatic heterocycles. The summed E-state index contributed by atoms with van der Waals surface area (Å²) in [6.45, 7) is 2.81. The van der Waals surface area contributed by atoms with E-state index in [2.05, 4.69) is 10.3 Å². The Morgan fingerprint density at radius 3 is 3.09 bits per heavy atom. The van der Waals surface area contributed by atoms with Crippen LogP contribution in [0.2, 0.25) is 0 Å². The lowest BCUT2D eigenvalue weighted by Crippen LogP contribution is -2.10. The first-order valence-electron chi connectivity index (χ1n) is 6.66. The molecule has 2 rings (SSSR count). The van der Waals surface area contributed by atoms with E-state index < -0.39 is 10.9 Å². The molecule has 0 aliphatic carbocycles. The molecule has 0 amide bonds. The maximum absolute atomic E-state index is 11.5. The Kier molecular flexibility index (Phi) is 5.27. The highest BCUT2D eigenvalue weighted by Gasteiger charge is 2.19. The molecule has 0 spiro atoms. The van der Waals surface area contributed by atoms with Crippen LogP contribution in [-0.2, 0) is 11.3 Å². The predicted molar refractivity (Wildman–Crippen MR) is 82.4 cm³/mol. The van der Waals surface area contributed by atoms with Gasteiger partial charge in [-0.05, 0) is 24.3 Å². The minimum atomic E-state index is -0.524. The summed E-state index contributed by atoms with van der Waals surface area (Å²) in [6, 6.07) is 3.33. The molecule has 9 nitrogen and oxygen atoms in total. The molecule has 10 heteroatoms. The van der Waals surface area contributed by atoms with Gasteiger partial charge in [-0.25, -0.2) is 9.78 Å². The van der Waals surface area contributed by atoms with Crippen LogP contribution >= 0.6 is 11.3 Å². The molecule has 2 aromatic rings. The van der Waals surface area contributed by atoms with Crippen LogP contribution in [0.5, 0.6) is 0 Å². The van der Waals surface area contributed by atoms with Gasteiger partial charge in [0, 0.05) is 19.3 Å². The normalized spacial score (nSPS) is 10.1. The van der Waals surface area contributed by atoms with Gasteiger partial charge >= 0.3 is 11.0 Å². The Morgan fingerprint density at radius 2 is 2.43 bits per heavy atom. The van der Waals surface area contributed by atoms with E-state index in [4.69, 9.17) is 10.00 Å². The summed E-state index contributed by atoms with van der Waals surface area (Å²) in [5.74, 6) is -0.494. The van der Waals surface area contributed by atoms with Crippen LogP contribution in [-0.4, -0.2) is 33.6 Å². The third-order valence-electron chi connectivity index (χ3n) is 2.79. The summed E-state index contributed by atoms with van der Waals surface area (Å²) in [7, 11) is 0. The van der Waals surface area contributed by atoms with Crippen LogP contribution in [0.3, 0.4) is 0 Å². The Hall–Kier alpha value is -2.93. The summed E-state index contributed by atoms with van der Waals surface area (Å²) in [4.78, 5) is 26.1. The monoisotopic (exact) mass is 335 g/mol. The zero-order chi connectivity index (χ0) is 16.8. The summed E-state index contributed by atoms with van der Waals surface area (Å²) < 4.78 is 6.51. The molecular weight excluding hydrogens is 322 g/mol. The molecule has 0 saturated carbocycles. The largest absolute Gasteiger partial charge is 0.461 e. The first kappa shape index (κ1) is 16.4. The minimum absolute atomic E-state index is 0.0978. The lowest BCUT2D eigenvalue weighted by molar-refractivity contribution is -0.379. The molecule has 0 aromatic carbocycles. The third-order valence-corrected chi connectivity index (χ3v) is 3.78. The van der Waals surface area contributed by atoms with Crippen LogP contribution < -0.4 is 5.32 Å². The van der Waals surface area contributed by atoms with Gasteiger partial charge in [0.15, 0.2) is 5.69 Å². The van der Waals surface area contributed by atoms with Crippen LogP contribution in [0.4, 0.5) is 10.7 Å². The average Bonchev–Trinajstić information content (AvgIpc) is 3.14. The number of ether oxygens (including phenoxy) is 1. The second-order valence-electron chi connectivity index (χ2n) is 4.34. The summed E-state index contributed by atoms with van der Waals surface area (Å²) in [6.07, 6.45) is 3.03. The number of imidazole rings is 1. The number of esters is 1. The highest BCUT2D eigenvalue weighted by atomic mass is 32.1. The number of aromatic nitrogens is 2. The van der Waals surface area contributed by atoms with E-state index in [1.165, 1.54) is 12.4 Å². The predicted octanol–water partition coefficient (Wildman–Crippen LogP) is 2.01. The molecule has 2 heterocycles. The van der Waals surface area contributed by atoms with Crippen molar-refractivity contribution < 1.29 is 14.5 Å². The van der Waals surface area contributed by atoms with Gasteiger partial charge in [-0.2, -0.15) is 5.26 Å². The maximum atomic E-state index is 11.5. The quantitative estimate of drug-likeness (QED) is 0.466. The average molecular weight is 335 g/mol. The molecule has 0 bridgehead atoms. The standard InChI is InChI=1S/C13H13N5O4S/c1-2-22-13(19)11-7-17(8-16-11)4-3-15-10-5-9(6-14)23-12(10)18(20)21/h5,7-8,15H,2-4H2,1H3. The molecular formula is C13H13N5O4S. The van der Waals surface area contributed by atoms with E-state index in [1.54, 1.807) is 17.7 Å². The van der Waals surface area contributed by atoms with Crippen molar-refractivity contribution in [2.45, 2.75) is 13.5 Å². The molecule has 23 heavy (non-hydrogen) atoms. The fourth-order valence-electron chi connectivity index (χ4n) is 1.81. The van der Waals surface area contributed by atoms with Crippen molar-refractivity contribution in [3.8, 4) is 6.07 Å². The fraction of sp³-hybridized carbons (Fsp3) is 0.308. The lowest BCUT2D eigenvalue weighted by Gasteiger charge is -2.04. The molecule has 2 aromatic heterocycles. The Labute approximate surface area is 135 Å². The Balaban J connectivity index is 1.95. The van der Waals surface area contributed by atoms with Crippen molar-refractivity contribution in [1.29, 1.82) is 5.26 Å². The SMILES string of the molecule is CCOC(=O)c1cn(CCNc2cc(C#N)sc2[N+](=O)[O-])cn1. The van der Waals surface area contributed by atoms with Crippen molar-refractivity contribution >= 4 is 28.0 Å². The first-order valence-corrected chi connectivity index (χ1v) is 7.48. The molecule has 0 unspecified atom stereocenters. The topological polar surface area (TPSA) is 123 Å². The number of hydrogen-bond acceptors (Lipinski definition) is 8. The minimum Gasteiger partial charge on any atom is -0.461 e. The van der Waals surface area contributed by atoms with Gasteiger partial charge < -0.3 is 14.6 Å². The molecule has 1 N–H and O–H groups in total. The molecule has 120 valence electrons. The number of nitriles is 1. The molecule has 0 aliphatic rings. The van der Waals surface area contributed by atoms with E-state index in [-0.39, 0.29) is 22.2 Å². The zero-order valence-electron chi connectivity index (χ0n) is 12.2. The van der Waals surface area contributed by atoms with Gasteiger partial charge in [-0.3, -0.25) is 10.1 Å². The van der Waals surface area contributed by atoms with Crippen molar-refractivity contribution in [3.63, 3.8) is 0 Å². The summed E-state index contributed by atoms with van der Waals surface area (Å²) >= 11 is 0.824. The highest BCUT2D eigenvalue weighted by Crippen LogP contribution is 2.34.